The van der Waals surface area contributed by atoms with Crippen LogP contribution in [0, 0.1) is 5.82 Å². The molecule has 0 atom stereocenters. The molecule has 0 spiro atoms. The van der Waals surface area contributed by atoms with Gasteiger partial charge in [0.2, 0.25) is 15.4 Å². The number of nitrogens with zero attached hydrogens (tertiary/aromatic N) is 3. The predicted molar refractivity (Wildman–Crippen MR) is 74.5 cm³/mol. The minimum Gasteiger partial charge on any atom is -0.273 e. The molecule has 2 rings (SSSR count). The van der Waals surface area contributed by atoms with Crippen LogP contribution >= 0.6 is 11.3 Å². The van der Waals surface area contributed by atoms with Crippen molar-refractivity contribution in [3.63, 3.8) is 0 Å². The molecule has 0 saturated heterocycles. The second-order valence-corrected chi connectivity index (χ2v) is 6.58. The summed E-state index contributed by atoms with van der Waals surface area (Å²) in [5.74, 6) is -0.976. The number of carbonyl (C=O) groups excluding carboxylic acids is 1. The lowest BCUT2D eigenvalue weighted by Crippen LogP contribution is -2.34. The van der Waals surface area contributed by atoms with Crippen molar-refractivity contribution in [2.75, 3.05) is 10.4 Å². The highest BCUT2D eigenvalue weighted by Crippen LogP contribution is 2.22. The van der Waals surface area contributed by atoms with E-state index in [4.69, 9.17) is 5.14 Å². The number of hydrazine groups is 1. The first-order valence-corrected chi connectivity index (χ1v) is 7.83. The first-order valence-electron chi connectivity index (χ1n) is 5.46. The van der Waals surface area contributed by atoms with Crippen LogP contribution in [0.15, 0.2) is 28.6 Å². The maximum Gasteiger partial charge on any atom is 0.267 e. The molecule has 0 aliphatic heterocycles. The molecule has 1 aromatic carbocycles. The summed E-state index contributed by atoms with van der Waals surface area (Å²) in [7, 11) is -3.97. The number of primary sulfonamides is 1. The van der Waals surface area contributed by atoms with Gasteiger partial charge in [-0.1, -0.05) is 17.4 Å². The third kappa shape index (κ3) is 3.71. The van der Waals surface area contributed by atoms with E-state index in [2.05, 4.69) is 15.6 Å². The molecule has 0 aliphatic carbocycles. The van der Waals surface area contributed by atoms with Crippen LogP contribution in [0.3, 0.4) is 0 Å². The van der Waals surface area contributed by atoms with E-state index >= 15 is 0 Å². The van der Waals surface area contributed by atoms with E-state index in [0.717, 1.165) is 11.1 Å². The molecule has 0 bridgehead atoms. The van der Waals surface area contributed by atoms with E-state index in [1.165, 1.54) is 25.1 Å². The molecule has 2 aromatic rings. The van der Waals surface area contributed by atoms with Gasteiger partial charge in [-0.05, 0) is 18.2 Å². The van der Waals surface area contributed by atoms with Crippen molar-refractivity contribution in [2.45, 2.75) is 11.3 Å². The molecule has 0 saturated carbocycles. The molecule has 0 aliphatic rings. The first kappa shape index (κ1) is 15.3. The van der Waals surface area contributed by atoms with Gasteiger partial charge in [-0.3, -0.25) is 10.2 Å². The number of aromatic nitrogens is 2. The van der Waals surface area contributed by atoms with E-state index in [1.54, 1.807) is 0 Å². The molecule has 0 unspecified atom stereocenters. The minimum absolute atomic E-state index is 0.0264. The average molecular weight is 331 g/mol. The summed E-state index contributed by atoms with van der Waals surface area (Å²) in [5.41, 5.74) is 2.79. The number of hydrogen-bond acceptors (Lipinski definition) is 7. The van der Waals surface area contributed by atoms with Crippen LogP contribution in [0.4, 0.5) is 15.2 Å². The molecule has 21 heavy (non-hydrogen) atoms. The van der Waals surface area contributed by atoms with Gasteiger partial charge in [0, 0.05) is 6.92 Å². The van der Waals surface area contributed by atoms with E-state index in [-0.39, 0.29) is 10.8 Å². The van der Waals surface area contributed by atoms with Gasteiger partial charge >= 0.3 is 0 Å². The second kappa shape index (κ2) is 5.71. The monoisotopic (exact) mass is 331 g/mol. The summed E-state index contributed by atoms with van der Waals surface area (Å²) in [6, 6.07) is 5.29. The minimum atomic E-state index is -3.97. The number of anilines is 2. The van der Waals surface area contributed by atoms with E-state index in [9.17, 15) is 17.6 Å². The molecule has 0 radical (unpaired) electrons. The van der Waals surface area contributed by atoms with Gasteiger partial charge in [-0.25, -0.2) is 23.0 Å². The van der Waals surface area contributed by atoms with Crippen molar-refractivity contribution in [3.8, 4) is 0 Å². The van der Waals surface area contributed by atoms with Gasteiger partial charge in [-0.15, -0.1) is 10.2 Å². The van der Waals surface area contributed by atoms with Crippen molar-refractivity contribution in [1.29, 1.82) is 0 Å². The number of sulfonamides is 1. The fourth-order valence-electron chi connectivity index (χ4n) is 1.41. The Kier molecular flexibility index (Phi) is 4.16. The lowest BCUT2D eigenvalue weighted by Gasteiger charge is -2.20. The van der Waals surface area contributed by atoms with Gasteiger partial charge in [-0.2, -0.15) is 0 Å². The average Bonchev–Trinajstić information content (AvgIpc) is 2.84. The van der Waals surface area contributed by atoms with Gasteiger partial charge in [0.05, 0.1) is 5.69 Å². The van der Waals surface area contributed by atoms with E-state index < -0.39 is 26.1 Å². The van der Waals surface area contributed by atoms with Gasteiger partial charge in [0.25, 0.3) is 10.0 Å². The Hall–Kier alpha value is -2.11. The molecule has 11 heteroatoms. The normalized spacial score (nSPS) is 11.2. The maximum absolute atomic E-state index is 13.2. The Morgan fingerprint density at radius 1 is 1.43 bits per heavy atom. The zero-order valence-electron chi connectivity index (χ0n) is 10.6. The number of nitrogens with two attached hydrogens (primary N) is 1. The number of nitrogens with one attached hydrogen (secondary N) is 1. The highest BCUT2D eigenvalue weighted by Gasteiger charge is 2.18. The Labute approximate surface area is 123 Å². The van der Waals surface area contributed by atoms with E-state index in [0.29, 0.717) is 11.3 Å². The van der Waals surface area contributed by atoms with Crippen molar-refractivity contribution in [2.24, 2.45) is 5.14 Å². The van der Waals surface area contributed by atoms with Crippen LogP contribution in [0.25, 0.3) is 0 Å². The third-order valence-electron chi connectivity index (χ3n) is 2.24. The smallest absolute Gasteiger partial charge is 0.267 e. The summed E-state index contributed by atoms with van der Waals surface area (Å²) in [6.07, 6.45) is 0. The van der Waals surface area contributed by atoms with Gasteiger partial charge < -0.3 is 0 Å². The Morgan fingerprint density at radius 2 is 2.14 bits per heavy atom. The topological polar surface area (TPSA) is 118 Å². The maximum atomic E-state index is 13.2. The molecular formula is C10H10FN5O3S2. The van der Waals surface area contributed by atoms with Crippen molar-refractivity contribution in [3.05, 3.63) is 30.1 Å². The van der Waals surface area contributed by atoms with Crippen molar-refractivity contribution < 1.29 is 17.6 Å². The summed E-state index contributed by atoms with van der Waals surface area (Å²) < 4.78 is 35.0. The third-order valence-corrected chi connectivity index (χ3v) is 4.38. The fourth-order valence-corrected chi connectivity index (χ4v) is 2.73. The zero-order valence-corrected chi connectivity index (χ0v) is 12.3. The fraction of sp³-hybridized carbons (Fsp3) is 0.100. The van der Waals surface area contributed by atoms with Crippen LogP contribution in [0.1, 0.15) is 6.92 Å². The molecule has 8 nitrogen and oxygen atoms in total. The predicted octanol–water partition coefficient (Wildman–Crippen LogP) is 0.705. The quantitative estimate of drug-likeness (QED) is 0.796. The molecular weight excluding hydrogens is 321 g/mol. The highest BCUT2D eigenvalue weighted by molar-refractivity contribution is 7.91. The standard InChI is InChI=1S/C10H10FN5O3S2/c1-6(17)16(8-4-2-3-7(11)5-8)15-9-13-14-10(20-9)21(12,18)19/h2-5H,1H3,(H,13,15)(H2,12,18,19). The molecule has 112 valence electrons. The number of rotatable bonds is 4. The van der Waals surface area contributed by atoms with Crippen LogP contribution < -0.4 is 15.6 Å². The largest absolute Gasteiger partial charge is 0.273 e. The Balaban J connectivity index is 2.29. The number of carbonyl (C=O) groups is 1. The first-order chi connectivity index (χ1) is 9.77. The lowest BCUT2D eigenvalue weighted by atomic mass is 10.3. The summed E-state index contributed by atoms with van der Waals surface area (Å²) in [6.45, 7) is 1.25. The van der Waals surface area contributed by atoms with Gasteiger partial charge in [0.1, 0.15) is 5.82 Å². The second-order valence-electron chi connectivity index (χ2n) is 3.86. The van der Waals surface area contributed by atoms with Crippen LogP contribution in [0.5, 0.6) is 0 Å². The van der Waals surface area contributed by atoms with Crippen molar-refractivity contribution >= 4 is 38.1 Å². The van der Waals surface area contributed by atoms with Crippen LogP contribution in [0.2, 0.25) is 0 Å². The zero-order chi connectivity index (χ0) is 15.6. The summed E-state index contributed by atoms with van der Waals surface area (Å²) >= 11 is 0.650. The molecule has 0 fully saturated rings. The van der Waals surface area contributed by atoms with Crippen LogP contribution in [-0.4, -0.2) is 24.5 Å². The number of hydrogen-bond donors (Lipinski definition) is 2. The SMILES string of the molecule is CC(=O)N(Nc1nnc(S(N)(=O)=O)s1)c1cccc(F)c1. The van der Waals surface area contributed by atoms with Gasteiger partial charge in [0.15, 0.2) is 0 Å². The molecule has 1 heterocycles. The van der Waals surface area contributed by atoms with Crippen LogP contribution in [-0.2, 0) is 14.8 Å². The number of benzene rings is 1. The van der Waals surface area contributed by atoms with E-state index in [1.807, 2.05) is 0 Å². The molecule has 1 aromatic heterocycles. The number of amides is 1. The highest BCUT2D eigenvalue weighted by atomic mass is 32.2. The lowest BCUT2D eigenvalue weighted by molar-refractivity contribution is -0.116. The molecule has 3 N–H and O–H groups in total. The summed E-state index contributed by atoms with van der Waals surface area (Å²) in [5, 5.41) is 12.9. The Morgan fingerprint density at radius 3 is 2.67 bits per heavy atom. The number of halogens is 1. The summed E-state index contributed by atoms with van der Waals surface area (Å²) in [4.78, 5) is 11.6. The molecule has 1 amide bonds. The van der Waals surface area contributed by atoms with Crippen molar-refractivity contribution in [1.82, 2.24) is 10.2 Å². The Bertz CT molecular complexity index is 777.